The van der Waals surface area contributed by atoms with Gasteiger partial charge in [-0.1, -0.05) is 40.2 Å². The van der Waals surface area contributed by atoms with Crippen LogP contribution in [0.1, 0.15) is 12.5 Å². The Morgan fingerprint density at radius 1 is 1.17 bits per heavy atom. The van der Waals surface area contributed by atoms with Crippen molar-refractivity contribution in [2.24, 2.45) is 0 Å². The van der Waals surface area contributed by atoms with Crippen molar-refractivity contribution in [3.8, 4) is 0 Å². The Hall–Kier alpha value is -2.14. The number of fused-ring (bicyclic) bond motifs is 1. The van der Waals surface area contributed by atoms with Crippen molar-refractivity contribution >= 4 is 39.1 Å². The summed E-state index contributed by atoms with van der Waals surface area (Å²) in [6, 6.07) is 15.3. The van der Waals surface area contributed by atoms with Crippen LogP contribution < -0.4 is 9.80 Å². The lowest BCUT2D eigenvalue weighted by molar-refractivity contribution is -0.121. The number of hydrogen-bond donors (Lipinski definition) is 0. The second-order valence-electron chi connectivity index (χ2n) is 5.51. The number of benzene rings is 2. The summed E-state index contributed by atoms with van der Waals surface area (Å²) in [5.41, 5.74) is 2.85. The van der Waals surface area contributed by atoms with Crippen molar-refractivity contribution in [3.05, 3.63) is 58.6 Å². The Bertz CT molecular complexity index is 760. The molecule has 0 aliphatic carbocycles. The molecule has 2 amide bonds. The molecule has 5 heteroatoms. The molecule has 23 heavy (non-hydrogen) atoms. The topological polar surface area (TPSA) is 40.6 Å². The van der Waals surface area contributed by atoms with Crippen LogP contribution >= 0.6 is 15.9 Å². The smallest absolute Gasteiger partial charge is 0.247 e. The van der Waals surface area contributed by atoms with E-state index in [1.165, 1.54) is 17.4 Å². The molecule has 0 saturated heterocycles. The monoisotopic (exact) mass is 372 g/mol. The van der Waals surface area contributed by atoms with Crippen LogP contribution in [0, 0.1) is 0 Å². The van der Waals surface area contributed by atoms with Gasteiger partial charge in [0.25, 0.3) is 0 Å². The van der Waals surface area contributed by atoms with E-state index in [-0.39, 0.29) is 18.4 Å². The number of nitrogens with zero attached hydrogens (tertiary/aromatic N) is 2. The molecule has 118 valence electrons. The molecule has 0 unspecified atom stereocenters. The molecule has 3 rings (SSSR count). The van der Waals surface area contributed by atoms with E-state index in [1.807, 2.05) is 48.5 Å². The maximum absolute atomic E-state index is 12.7. The van der Waals surface area contributed by atoms with E-state index in [2.05, 4.69) is 15.9 Å². The molecule has 0 atom stereocenters. The van der Waals surface area contributed by atoms with Gasteiger partial charge in [0.05, 0.1) is 0 Å². The molecule has 2 aromatic carbocycles. The second kappa shape index (κ2) is 6.54. The Morgan fingerprint density at radius 3 is 2.70 bits per heavy atom. The highest BCUT2D eigenvalue weighted by Crippen LogP contribution is 2.28. The molecule has 0 radical (unpaired) electrons. The first kappa shape index (κ1) is 15.7. The lowest BCUT2D eigenvalue weighted by atomic mass is 10.2. The Labute approximate surface area is 143 Å². The maximum Gasteiger partial charge on any atom is 0.247 e. The molecule has 0 aromatic heterocycles. The third-order valence-electron chi connectivity index (χ3n) is 3.98. The standard InChI is InChI=1S/C18H17BrN2O2/c1-13(22)21(16-7-4-6-15(19)11-16)12-18(23)20-10-9-14-5-2-3-8-17(14)20/h2-8,11H,9-10,12H2,1H3. The Balaban J connectivity index is 1.82. The summed E-state index contributed by atoms with van der Waals surface area (Å²) in [6.45, 7) is 2.19. The summed E-state index contributed by atoms with van der Waals surface area (Å²) in [4.78, 5) is 28.0. The third kappa shape index (κ3) is 3.29. The van der Waals surface area contributed by atoms with Crippen molar-refractivity contribution in [2.75, 3.05) is 22.9 Å². The molecule has 1 aliphatic heterocycles. The Kier molecular flexibility index (Phi) is 4.48. The summed E-state index contributed by atoms with van der Waals surface area (Å²) < 4.78 is 0.875. The summed E-state index contributed by atoms with van der Waals surface area (Å²) in [6.07, 6.45) is 0.860. The zero-order valence-corrected chi connectivity index (χ0v) is 14.4. The molecular weight excluding hydrogens is 356 g/mol. The van der Waals surface area contributed by atoms with Gasteiger partial charge in [-0.25, -0.2) is 0 Å². The average molecular weight is 373 g/mol. The average Bonchev–Trinajstić information content (AvgIpc) is 2.96. The first-order valence-electron chi connectivity index (χ1n) is 7.48. The lowest BCUT2D eigenvalue weighted by Gasteiger charge is -2.24. The van der Waals surface area contributed by atoms with Crippen molar-refractivity contribution in [2.45, 2.75) is 13.3 Å². The fourth-order valence-corrected chi connectivity index (χ4v) is 3.23. The molecule has 4 nitrogen and oxygen atoms in total. The maximum atomic E-state index is 12.7. The Morgan fingerprint density at radius 2 is 1.96 bits per heavy atom. The molecular formula is C18H17BrN2O2. The number of halogens is 1. The van der Waals surface area contributed by atoms with Crippen LogP contribution in [-0.4, -0.2) is 24.9 Å². The van der Waals surface area contributed by atoms with Crippen LogP contribution in [0.2, 0.25) is 0 Å². The van der Waals surface area contributed by atoms with Crippen molar-refractivity contribution in [1.29, 1.82) is 0 Å². The predicted octanol–water partition coefficient (Wildman–Crippen LogP) is 3.39. The van der Waals surface area contributed by atoms with Gasteiger partial charge >= 0.3 is 0 Å². The van der Waals surface area contributed by atoms with Crippen LogP contribution in [0.15, 0.2) is 53.0 Å². The number of anilines is 2. The van der Waals surface area contributed by atoms with Gasteiger partial charge in [0.15, 0.2) is 0 Å². The van der Waals surface area contributed by atoms with E-state index in [4.69, 9.17) is 0 Å². The van der Waals surface area contributed by atoms with E-state index >= 15 is 0 Å². The minimum atomic E-state index is -0.149. The van der Waals surface area contributed by atoms with Crippen molar-refractivity contribution in [3.63, 3.8) is 0 Å². The first-order chi connectivity index (χ1) is 11.1. The van der Waals surface area contributed by atoms with Gasteiger partial charge < -0.3 is 9.80 Å². The summed E-state index contributed by atoms with van der Waals surface area (Å²) in [5.74, 6) is -0.214. The number of carbonyl (C=O) groups is 2. The quantitative estimate of drug-likeness (QED) is 0.828. The zero-order chi connectivity index (χ0) is 16.4. The fraction of sp³-hybridized carbons (Fsp3) is 0.222. The van der Waals surface area contributed by atoms with E-state index in [1.54, 1.807) is 4.90 Å². The summed E-state index contributed by atoms with van der Waals surface area (Å²) in [7, 11) is 0. The number of hydrogen-bond acceptors (Lipinski definition) is 2. The molecule has 2 aromatic rings. The van der Waals surface area contributed by atoms with Gasteiger partial charge in [0.1, 0.15) is 6.54 Å². The minimum absolute atomic E-state index is 0.0418. The number of amides is 2. The predicted molar refractivity (Wildman–Crippen MR) is 94.7 cm³/mol. The van der Waals surface area contributed by atoms with E-state index in [9.17, 15) is 9.59 Å². The van der Waals surface area contributed by atoms with E-state index in [0.29, 0.717) is 12.2 Å². The molecule has 1 heterocycles. The SMILES string of the molecule is CC(=O)N(CC(=O)N1CCc2ccccc21)c1cccc(Br)c1. The van der Waals surface area contributed by atoms with Crippen molar-refractivity contribution in [1.82, 2.24) is 0 Å². The van der Waals surface area contributed by atoms with Gasteiger partial charge in [-0.05, 0) is 36.2 Å². The number of rotatable bonds is 3. The molecule has 0 fully saturated rings. The normalized spacial score (nSPS) is 12.9. The van der Waals surface area contributed by atoms with E-state index < -0.39 is 0 Å². The van der Waals surface area contributed by atoms with Gasteiger partial charge in [-0.15, -0.1) is 0 Å². The van der Waals surface area contributed by atoms with E-state index in [0.717, 1.165) is 16.6 Å². The van der Waals surface area contributed by atoms with Gasteiger partial charge in [0, 0.05) is 29.3 Å². The third-order valence-corrected chi connectivity index (χ3v) is 4.47. The highest BCUT2D eigenvalue weighted by molar-refractivity contribution is 9.10. The summed E-state index contributed by atoms with van der Waals surface area (Å²) in [5, 5.41) is 0. The summed E-state index contributed by atoms with van der Waals surface area (Å²) >= 11 is 3.40. The van der Waals surface area contributed by atoms with Gasteiger partial charge in [-0.2, -0.15) is 0 Å². The molecule has 0 spiro atoms. The highest BCUT2D eigenvalue weighted by atomic mass is 79.9. The van der Waals surface area contributed by atoms with Crippen LogP contribution in [0.25, 0.3) is 0 Å². The molecule has 0 bridgehead atoms. The lowest BCUT2D eigenvalue weighted by Crippen LogP contribution is -2.41. The first-order valence-corrected chi connectivity index (χ1v) is 8.27. The zero-order valence-electron chi connectivity index (χ0n) is 12.8. The van der Waals surface area contributed by atoms with Crippen LogP contribution in [0.5, 0.6) is 0 Å². The molecule has 0 N–H and O–H groups in total. The highest BCUT2D eigenvalue weighted by Gasteiger charge is 2.26. The van der Waals surface area contributed by atoms with Crippen molar-refractivity contribution < 1.29 is 9.59 Å². The largest absolute Gasteiger partial charge is 0.310 e. The molecule has 0 saturated carbocycles. The van der Waals surface area contributed by atoms with Crippen LogP contribution in [0.4, 0.5) is 11.4 Å². The van der Waals surface area contributed by atoms with Gasteiger partial charge in [-0.3, -0.25) is 9.59 Å². The fourth-order valence-electron chi connectivity index (χ4n) is 2.85. The van der Waals surface area contributed by atoms with Crippen LogP contribution in [0.3, 0.4) is 0 Å². The second-order valence-corrected chi connectivity index (χ2v) is 6.42. The van der Waals surface area contributed by atoms with Gasteiger partial charge in [0.2, 0.25) is 11.8 Å². The number of para-hydroxylation sites is 1. The van der Waals surface area contributed by atoms with Crippen LogP contribution in [-0.2, 0) is 16.0 Å². The number of carbonyl (C=O) groups excluding carboxylic acids is 2. The minimum Gasteiger partial charge on any atom is -0.310 e. The molecule has 1 aliphatic rings.